The second-order valence-electron chi connectivity index (χ2n) is 8.09. The van der Waals surface area contributed by atoms with Crippen LogP contribution in [0.1, 0.15) is 50.6 Å². The van der Waals surface area contributed by atoms with Gasteiger partial charge in [-0.05, 0) is 37.7 Å². The second kappa shape index (κ2) is 8.51. The lowest BCUT2D eigenvalue weighted by molar-refractivity contribution is -0.132. The third-order valence-electron chi connectivity index (χ3n) is 5.98. The summed E-state index contributed by atoms with van der Waals surface area (Å²) in [5.74, 6) is 0.543. The van der Waals surface area contributed by atoms with Gasteiger partial charge in [-0.25, -0.2) is 0 Å². The zero-order valence-corrected chi connectivity index (χ0v) is 16.0. The summed E-state index contributed by atoms with van der Waals surface area (Å²) in [4.78, 5) is 14.7. The summed E-state index contributed by atoms with van der Waals surface area (Å²) in [6.45, 7) is 3.73. The van der Waals surface area contributed by atoms with E-state index in [2.05, 4.69) is 22.3 Å². The van der Waals surface area contributed by atoms with Gasteiger partial charge in [0.05, 0.1) is 17.7 Å². The number of aliphatic hydroxyl groups is 1. The van der Waals surface area contributed by atoms with Crippen molar-refractivity contribution in [1.29, 1.82) is 0 Å². The van der Waals surface area contributed by atoms with E-state index in [1.807, 2.05) is 25.1 Å². The fourth-order valence-corrected chi connectivity index (χ4v) is 4.58. The number of methoxy groups -OCH3 is 1. The maximum atomic E-state index is 12.3. The third-order valence-corrected chi connectivity index (χ3v) is 5.98. The van der Waals surface area contributed by atoms with Crippen molar-refractivity contribution in [3.63, 3.8) is 0 Å². The lowest BCUT2D eigenvalue weighted by Gasteiger charge is -2.50. The second-order valence-corrected chi connectivity index (χ2v) is 8.09. The van der Waals surface area contributed by atoms with Gasteiger partial charge in [0.15, 0.2) is 0 Å². The molecule has 1 saturated carbocycles. The molecule has 3 atom stereocenters. The van der Waals surface area contributed by atoms with Gasteiger partial charge in [-0.3, -0.25) is 9.69 Å². The molecule has 1 amide bonds. The molecule has 0 radical (unpaired) electrons. The van der Waals surface area contributed by atoms with Crippen LogP contribution in [0, 0.1) is 5.92 Å². The normalized spacial score (nSPS) is 30.4. The lowest BCUT2D eigenvalue weighted by Crippen LogP contribution is -2.63. The lowest BCUT2D eigenvalue weighted by atomic mass is 9.79. The predicted molar refractivity (Wildman–Crippen MR) is 102 cm³/mol. The first kappa shape index (κ1) is 19.3. The van der Waals surface area contributed by atoms with E-state index in [-0.39, 0.29) is 24.6 Å². The maximum absolute atomic E-state index is 12.3. The van der Waals surface area contributed by atoms with Crippen LogP contribution >= 0.6 is 0 Å². The van der Waals surface area contributed by atoms with E-state index in [0.717, 1.165) is 24.6 Å². The summed E-state index contributed by atoms with van der Waals surface area (Å²) in [5, 5.41) is 14.1. The molecule has 1 aliphatic carbocycles. The van der Waals surface area contributed by atoms with Crippen molar-refractivity contribution in [2.24, 2.45) is 5.92 Å². The number of carbonyl (C=O) groups excluding carboxylic acids is 1. The van der Waals surface area contributed by atoms with Gasteiger partial charge >= 0.3 is 0 Å². The van der Waals surface area contributed by atoms with E-state index in [0.29, 0.717) is 6.42 Å². The van der Waals surface area contributed by atoms with Crippen molar-refractivity contribution in [2.75, 3.05) is 26.8 Å². The number of rotatable bonds is 6. The molecule has 1 saturated heterocycles. The summed E-state index contributed by atoms with van der Waals surface area (Å²) in [6.07, 6.45) is 5.87. The number of ether oxygens (including phenoxy) is 1. The number of nitrogens with one attached hydrogen (secondary N) is 1. The topological polar surface area (TPSA) is 61.8 Å². The number of hydrogen-bond donors (Lipinski definition) is 2. The van der Waals surface area contributed by atoms with Crippen LogP contribution < -0.4 is 5.32 Å². The Balaban J connectivity index is 1.88. The Morgan fingerprint density at radius 3 is 2.65 bits per heavy atom. The quantitative estimate of drug-likeness (QED) is 0.818. The summed E-state index contributed by atoms with van der Waals surface area (Å²) < 4.78 is 4.98. The average molecular weight is 360 g/mol. The van der Waals surface area contributed by atoms with E-state index in [4.69, 9.17) is 4.74 Å². The first-order chi connectivity index (χ1) is 12.5. The first-order valence-electron chi connectivity index (χ1n) is 9.81. The molecule has 1 aromatic rings. The molecule has 2 aliphatic rings. The maximum Gasteiger partial charge on any atom is 0.246 e. The Morgan fingerprint density at radius 2 is 2.00 bits per heavy atom. The van der Waals surface area contributed by atoms with Gasteiger partial charge in [0.2, 0.25) is 5.91 Å². The number of carbonyl (C=O) groups is 1. The van der Waals surface area contributed by atoms with Crippen molar-refractivity contribution >= 4 is 5.91 Å². The van der Waals surface area contributed by atoms with Crippen molar-refractivity contribution in [1.82, 2.24) is 10.2 Å². The van der Waals surface area contributed by atoms with Gasteiger partial charge in [0.25, 0.3) is 0 Å². The minimum atomic E-state index is -0.948. The van der Waals surface area contributed by atoms with Gasteiger partial charge in [0.1, 0.15) is 6.61 Å². The summed E-state index contributed by atoms with van der Waals surface area (Å²) in [5.41, 5.74) is 0.198. The number of amides is 1. The van der Waals surface area contributed by atoms with Gasteiger partial charge in [-0.15, -0.1) is 0 Å². The molecule has 1 heterocycles. The molecule has 1 aromatic carbocycles. The van der Waals surface area contributed by atoms with E-state index < -0.39 is 5.60 Å². The standard InChI is InChI=1S/C21H32N2O3/c1-21(25)12-13-23(14-16-8-6-7-9-16)19(17-10-4-3-5-11-17)20(21)22-18(24)15-26-2/h3-5,10-11,16,19-20,25H,6-9,12-15H2,1-2H3,(H,22,24)/t19-,20-,21+/m0/s1. The SMILES string of the molecule is COCC(=O)N[C@H]1[C@H](c2ccccc2)N(CC2CCCC2)CC[C@@]1(C)O. The van der Waals surface area contributed by atoms with Crippen LogP contribution in [-0.4, -0.2) is 54.4 Å². The van der Waals surface area contributed by atoms with Crippen LogP contribution in [0.4, 0.5) is 0 Å². The largest absolute Gasteiger partial charge is 0.388 e. The van der Waals surface area contributed by atoms with Crippen molar-refractivity contribution in [3.8, 4) is 0 Å². The van der Waals surface area contributed by atoms with E-state index >= 15 is 0 Å². The molecule has 0 unspecified atom stereocenters. The Morgan fingerprint density at radius 1 is 1.31 bits per heavy atom. The molecule has 1 aliphatic heterocycles. The van der Waals surface area contributed by atoms with Crippen LogP contribution in [0.15, 0.2) is 30.3 Å². The molecule has 26 heavy (non-hydrogen) atoms. The highest BCUT2D eigenvalue weighted by molar-refractivity contribution is 5.77. The molecule has 0 bridgehead atoms. The van der Waals surface area contributed by atoms with Crippen LogP contribution in [0.5, 0.6) is 0 Å². The van der Waals surface area contributed by atoms with Gasteiger partial charge in [-0.1, -0.05) is 43.2 Å². The Labute approximate surface area is 156 Å². The molecule has 0 aromatic heterocycles. The molecular formula is C21H32N2O3. The Kier molecular flexibility index (Phi) is 6.33. The fourth-order valence-electron chi connectivity index (χ4n) is 4.58. The van der Waals surface area contributed by atoms with Gasteiger partial charge in [0, 0.05) is 20.2 Å². The highest BCUT2D eigenvalue weighted by Crippen LogP contribution is 2.39. The molecular weight excluding hydrogens is 328 g/mol. The highest BCUT2D eigenvalue weighted by Gasteiger charge is 2.46. The van der Waals surface area contributed by atoms with Crippen molar-refractivity contribution < 1.29 is 14.6 Å². The zero-order chi connectivity index (χ0) is 18.6. The molecule has 2 fully saturated rings. The first-order valence-corrected chi connectivity index (χ1v) is 9.81. The number of likely N-dealkylation sites (tertiary alicyclic amines) is 1. The van der Waals surface area contributed by atoms with Crippen LogP contribution in [0.3, 0.4) is 0 Å². The molecule has 0 spiro atoms. The van der Waals surface area contributed by atoms with Gasteiger partial charge in [-0.2, -0.15) is 0 Å². The van der Waals surface area contributed by atoms with Gasteiger partial charge < -0.3 is 15.2 Å². The Hall–Kier alpha value is -1.43. The highest BCUT2D eigenvalue weighted by atomic mass is 16.5. The molecule has 2 N–H and O–H groups in total. The van der Waals surface area contributed by atoms with Crippen LogP contribution in [0.2, 0.25) is 0 Å². The molecule has 5 nitrogen and oxygen atoms in total. The minimum absolute atomic E-state index is 0.0106. The summed E-state index contributed by atoms with van der Waals surface area (Å²) in [6, 6.07) is 9.88. The van der Waals surface area contributed by atoms with E-state index in [1.165, 1.54) is 32.8 Å². The number of nitrogens with zero attached hydrogens (tertiary/aromatic N) is 1. The minimum Gasteiger partial charge on any atom is -0.388 e. The molecule has 3 rings (SSSR count). The smallest absolute Gasteiger partial charge is 0.246 e. The number of hydrogen-bond acceptors (Lipinski definition) is 4. The predicted octanol–water partition coefficient (Wildman–Crippen LogP) is 2.51. The fraction of sp³-hybridized carbons (Fsp3) is 0.667. The monoisotopic (exact) mass is 360 g/mol. The number of benzene rings is 1. The van der Waals surface area contributed by atoms with E-state index in [1.54, 1.807) is 0 Å². The van der Waals surface area contributed by atoms with E-state index in [9.17, 15) is 9.90 Å². The third kappa shape index (κ3) is 4.45. The van der Waals surface area contributed by atoms with Crippen LogP contribution in [0.25, 0.3) is 0 Å². The summed E-state index contributed by atoms with van der Waals surface area (Å²) in [7, 11) is 1.51. The molecule has 5 heteroatoms. The number of piperidine rings is 1. The van der Waals surface area contributed by atoms with Crippen molar-refractivity contribution in [3.05, 3.63) is 35.9 Å². The molecule has 144 valence electrons. The van der Waals surface area contributed by atoms with Crippen molar-refractivity contribution in [2.45, 2.75) is 56.7 Å². The average Bonchev–Trinajstić information content (AvgIpc) is 3.12. The van der Waals surface area contributed by atoms with Crippen LogP contribution in [-0.2, 0) is 9.53 Å². The Bertz CT molecular complexity index is 584. The zero-order valence-electron chi connectivity index (χ0n) is 16.0. The summed E-state index contributed by atoms with van der Waals surface area (Å²) >= 11 is 0.